The Morgan fingerprint density at radius 2 is 1.42 bits per heavy atom. The molecule has 0 bridgehead atoms. The SMILES string of the molecule is CCC(C)Cc1cc(-c2[c-]cccc2)nc[c]1[Ge]([CH3])([CH3])[CH3].Cc1ccc2c(c1)nc(-c1[c-]ccc3c1oc1nc(C(C)C4CCCC4)ccc13)n2-c1c(-c2ccccc2)cc(C(C)(C)C)cc1-c1ccccc1.[Ir]. The summed E-state index contributed by atoms with van der Waals surface area (Å²) in [5.74, 6) is 9.96. The van der Waals surface area contributed by atoms with Gasteiger partial charge in [-0.2, -0.15) is 0 Å². The number of hydrogen-bond acceptors (Lipinski definition) is 4. The molecule has 2 atom stereocenters. The molecule has 1 radical (unpaired) electrons. The van der Waals surface area contributed by atoms with Crippen molar-refractivity contribution in [2.24, 2.45) is 11.8 Å². The minimum atomic E-state index is -1.87. The zero-order chi connectivity index (χ0) is 51.0. The molecule has 5 nitrogen and oxygen atoms in total. The summed E-state index contributed by atoms with van der Waals surface area (Å²) in [7, 11) is 0. The molecule has 1 aliphatic rings. The summed E-state index contributed by atoms with van der Waals surface area (Å²) < 4.78 is 10.7. The van der Waals surface area contributed by atoms with Gasteiger partial charge in [0.15, 0.2) is 0 Å². The van der Waals surface area contributed by atoms with Gasteiger partial charge < -0.3 is 8.98 Å². The smallest absolute Gasteiger partial charge is 0.216 e. The predicted octanol–water partition coefficient (Wildman–Crippen LogP) is 17.7. The molecular formula is C67H70GeIrN4O-2. The van der Waals surface area contributed by atoms with Crippen molar-refractivity contribution in [2.75, 3.05) is 0 Å². The third-order valence-corrected chi connectivity index (χ3v) is 19.7. The van der Waals surface area contributed by atoms with Gasteiger partial charge in [0.25, 0.3) is 0 Å². The fourth-order valence-corrected chi connectivity index (χ4v) is 14.2. The van der Waals surface area contributed by atoms with Crippen LogP contribution in [0.4, 0.5) is 0 Å². The first-order valence-electron chi connectivity index (χ1n) is 26.7. The summed E-state index contributed by atoms with van der Waals surface area (Å²) in [6.07, 6.45) is 9.73. The van der Waals surface area contributed by atoms with Crippen molar-refractivity contribution in [2.45, 2.75) is 116 Å². The summed E-state index contributed by atoms with van der Waals surface area (Å²) in [5, 5.41) is 2.05. The van der Waals surface area contributed by atoms with Gasteiger partial charge in [0.05, 0.1) is 28.1 Å². The summed E-state index contributed by atoms with van der Waals surface area (Å²) in [4.78, 5) is 15.3. The van der Waals surface area contributed by atoms with E-state index in [1.165, 1.54) is 43.2 Å². The molecule has 10 aromatic rings. The van der Waals surface area contributed by atoms with Crippen molar-refractivity contribution < 1.29 is 24.5 Å². The zero-order valence-corrected chi connectivity index (χ0v) is 49.4. The molecule has 0 N–H and O–H groups in total. The summed E-state index contributed by atoms with van der Waals surface area (Å²) in [6.45, 7) is 15.9. The van der Waals surface area contributed by atoms with E-state index in [9.17, 15) is 0 Å². The number of imidazole rings is 1. The number of aryl methyl sites for hydroxylation is 1. The molecule has 74 heavy (non-hydrogen) atoms. The van der Waals surface area contributed by atoms with Crippen molar-refractivity contribution in [1.29, 1.82) is 0 Å². The summed E-state index contributed by atoms with van der Waals surface area (Å²) >= 11 is -1.87. The molecule has 6 aromatic carbocycles. The second-order valence-corrected chi connectivity index (χ2v) is 33.3. The molecule has 1 aliphatic carbocycles. The standard InChI is InChI=1S/C48H44N3O.C19H26GeN.Ir/c1-30-23-26-43-42(27-30)49-46(38-22-14-21-36-37-24-25-41(50-47(37)52-45(36)38)31(2)32-15-12-13-16-32)51(43)44-39(33-17-8-6-9-18-33)28-35(48(3,4)5)29-40(44)34-19-10-7-11-20-34;1-6-15(2)12-17-13-19(16-10-8-7-9-11-16)21-14-18(17)20(3,4)5;/h6-11,14,17-21,23-29,31-32H,12-13,15-16H2,1-5H3;7-10,13-15H,6,12H2,1-5H3;/q2*-1;. The van der Waals surface area contributed by atoms with Gasteiger partial charge in [-0.05, 0) is 89.8 Å². The summed E-state index contributed by atoms with van der Waals surface area (Å²) in [5.41, 5.74) is 17.1. The van der Waals surface area contributed by atoms with Crippen LogP contribution in [0.3, 0.4) is 0 Å². The van der Waals surface area contributed by atoms with Gasteiger partial charge >= 0.3 is 132 Å². The molecule has 7 heteroatoms. The average molecular weight is 1210 g/mol. The van der Waals surface area contributed by atoms with Crippen LogP contribution in [0.5, 0.6) is 0 Å². The second-order valence-electron chi connectivity index (χ2n) is 22.8. The Bertz CT molecular complexity index is 3480. The maximum atomic E-state index is 6.80. The van der Waals surface area contributed by atoms with E-state index in [4.69, 9.17) is 19.4 Å². The number of furan rings is 1. The van der Waals surface area contributed by atoms with Gasteiger partial charge in [0.1, 0.15) is 0 Å². The molecule has 4 heterocycles. The van der Waals surface area contributed by atoms with Crippen molar-refractivity contribution in [1.82, 2.24) is 19.5 Å². The van der Waals surface area contributed by atoms with Crippen molar-refractivity contribution in [3.8, 4) is 50.6 Å². The molecule has 0 amide bonds. The Morgan fingerprint density at radius 3 is 2.04 bits per heavy atom. The topological polar surface area (TPSA) is 56.7 Å². The number of benzene rings is 6. The van der Waals surface area contributed by atoms with E-state index >= 15 is 0 Å². The minimum Gasteiger partial charge on any atom is -0.486 e. The van der Waals surface area contributed by atoms with Crippen LogP contribution in [0.25, 0.3) is 83.7 Å². The first-order valence-corrected chi connectivity index (χ1v) is 34.0. The largest absolute Gasteiger partial charge is 0.486 e. The van der Waals surface area contributed by atoms with Crippen LogP contribution in [0.1, 0.15) is 102 Å². The number of fused-ring (bicyclic) bond motifs is 4. The summed E-state index contributed by atoms with van der Waals surface area (Å²) in [6, 6.07) is 58.7. The molecule has 11 rings (SSSR count). The number of nitrogens with zero attached hydrogens (tertiary/aromatic N) is 4. The first kappa shape index (κ1) is 52.9. The normalized spacial score (nSPS) is 14.0. The fourth-order valence-electron chi connectivity index (χ4n) is 10.9. The maximum Gasteiger partial charge on any atom is 0.216 e. The van der Waals surface area contributed by atoms with E-state index in [1.54, 1.807) is 4.40 Å². The Morgan fingerprint density at radius 1 is 0.743 bits per heavy atom. The molecule has 0 aliphatic heterocycles. The Balaban J connectivity index is 0.000000258. The van der Waals surface area contributed by atoms with Gasteiger partial charge in [-0.1, -0.05) is 118 Å². The van der Waals surface area contributed by atoms with Crippen LogP contribution < -0.4 is 4.40 Å². The number of hydrogen-bond donors (Lipinski definition) is 0. The maximum absolute atomic E-state index is 6.80. The van der Waals surface area contributed by atoms with E-state index in [-0.39, 0.29) is 25.5 Å². The third-order valence-electron chi connectivity index (χ3n) is 15.3. The van der Waals surface area contributed by atoms with E-state index in [0.717, 1.165) is 102 Å². The van der Waals surface area contributed by atoms with Crippen LogP contribution in [-0.4, -0.2) is 32.8 Å². The Hall–Kier alpha value is -5.92. The predicted molar refractivity (Wildman–Crippen MR) is 310 cm³/mol. The van der Waals surface area contributed by atoms with Crippen LogP contribution in [0, 0.1) is 30.9 Å². The van der Waals surface area contributed by atoms with Crippen LogP contribution in [-0.2, 0) is 31.9 Å². The molecular weight excluding hydrogens is 1140 g/mol. The van der Waals surface area contributed by atoms with Gasteiger partial charge in [-0.15, -0.1) is 18.2 Å². The van der Waals surface area contributed by atoms with Crippen molar-refractivity contribution >= 4 is 50.8 Å². The second kappa shape index (κ2) is 22.1. The van der Waals surface area contributed by atoms with Crippen molar-refractivity contribution in [3.63, 3.8) is 0 Å². The van der Waals surface area contributed by atoms with E-state index in [2.05, 4.69) is 216 Å². The zero-order valence-electron chi connectivity index (χ0n) is 44.9. The van der Waals surface area contributed by atoms with Crippen LogP contribution in [0.2, 0.25) is 17.3 Å². The first-order chi connectivity index (χ1) is 35.2. The van der Waals surface area contributed by atoms with Gasteiger partial charge in [0.2, 0.25) is 5.71 Å². The van der Waals surface area contributed by atoms with Gasteiger partial charge in [-0.25, -0.2) is 4.98 Å². The molecule has 379 valence electrons. The quantitative estimate of drug-likeness (QED) is 0.0957. The fraction of sp³-hybridized carbons (Fsp3) is 0.299. The number of rotatable bonds is 11. The molecule has 1 fully saturated rings. The average Bonchev–Trinajstić information content (AvgIpc) is 4.17. The van der Waals surface area contributed by atoms with E-state index < -0.39 is 13.3 Å². The molecule has 4 aromatic heterocycles. The Labute approximate surface area is 456 Å². The molecule has 0 spiro atoms. The van der Waals surface area contributed by atoms with E-state index in [0.29, 0.717) is 17.5 Å². The molecule has 0 saturated heterocycles. The van der Waals surface area contributed by atoms with Gasteiger partial charge in [-0.3, -0.25) is 4.98 Å². The Kier molecular flexibility index (Phi) is 15.8. The number of pyridine rings is 2. The van der Waals surface area contributed by atoms with Gasteiger partial charge in [0, 0.05) is 48.2 Å². The van der Waals surface area contributed by atoms with Crippen LogP contribution >= 0.6 is 0 Å². The minimum absolute atomic E-state index is 0. The van der Waals surface area contributed by atoms with Crippen molar-refractivity contribution in [3.05, 3.63) is 186 Å². The molecule has 1 saturated carbocycles. The monoisotopic (exact) mass is 1210 g/mol. The number of aromatic nitrogens is 4. The third kappa shape index (κ3) is 10.9. The molecule has 2 unspecified atom stereocenters. The van der Waals surface area contributed by atoms with E-state index in [1.807, 2.05) is 18.2 Å². The van der Waals surface area contributed by atoms with Crippen LogP contribution in [0.15, 0.2) is 156 Å².